The van der Waals surface area contributed by atoms with E-state index in [4.69, 9.17) is 18.9 Å². The summed E-state index contributed by atoms with van der Waals surface area (Å²) in [6.07, 6.45) is 16.9. The zero-order valence-electron chi connectivity index (χ0n) is 41.6. The smallest absolute Gasteiger partial charge is 1.00 e. The van der Waals surface area contributed by atoms with E-state index in [2.05, 4.69) is 55.4 Å². The van der Waals surface area contributed by atoms with Crippen molar-refractivity contribution in [2.45, 2.75) is 189 Å². The minimum Gasteiger partial charge on any atom is -1.00 e. The third kappa shape index (κ3) is 7.90. The summed E-state index contributed by atoms with van der Waals surface area (Å²) in [5.41, 5.74) is 1.02. The number of Topliss-reactive ketones (excluding diaryl/α,β-unsaturated/α-hetero) is 1. The molecule has 2 aliphatic heterocycles. The second kappa shape index (κ2) is 19.1. The predicted molar refractivity (Wildman–Crippen MR) is 239 cm³/mol. The fourth-order valence-electron chi connectivity index (χ4n) is 19.1. The number of rotatable bonds is 6. The molecule has 10 aliphatic rings. The molecule has 62 heavy (non-hydrogen) atoms. The molecular formula is C52H87BNaO8. The minimum atomic E-state index is -0.210. The molecule has 10 heteroatoms. The van der Waals surface area contributed by atoms with Gasteiger partial charge in [0.25, 0.3) is 0 Å². The third-order valence-corrected chi connectivity index (χ3v) is 22.1. The average molecular weight is 874 g/mol. The van der Waals surface area contributed by atoms with E-state index in [1.165, 1.54) is 51.4 Å². The Hall–Kier alpha value is 0.455. The zero-order chi connectivity index (χ0) is 42.5. The summed E-state index contributed by atoms with van der Waals surface area (Å²) in [4.78, 5) is 14.0. The van der Waals surface area contributed by atoms with Crippen LogP contribution in [0.4, 0.5) is 0 Å². The molecule has 347 valence electrons. The van der Waals surface area contributed by atoms with Gasteiger partial charge >= 0.3 is 29.6 Å². The Kier molecular flexibility index (Phi) is 15.5. The van der Waals surface area contributed by atoms with E-state index in [1.54, 1.807) is 0 Å². The summed E-state index contributed by atoms with van der Waals surface area (Å²) in [7, 11) is 0. The number of fused-ring (bicyclic) bond motifs is 10. The second-order valence-electron chi connectivity index (χ2n) is 24.0. The van der Waals surface area contributed by atoms with Crippen LogP contribution in [0.5, 0.6) is 0 Å². The van der Waals surface area contributed by atoms with E-state index in [1.807, 2.05) is 0 Å². The molecule has 8 aliphatic carbocycles. The van der Waals surface area contributed by atoms with Crippen LogP contribution in [-0.4, -0.2) is 86.8 Å². The molecule has 0 aromatic heterocycles. The van der Waals surface area contributed by atoms with Crippen molar-refractivity contribution in [3.63, 3.8) is 0 Å². The fraction of sp³-hybridized carbons (Fsp3) is 0.981. The van der Waals surface area contributed by atoms with Gasteiger partial charge in [0.15, 0.2) is 12.6 Å². The van der Waals surface area contributed by atoms with Crippen molar-refractivity contribution in [3.05, 3.63) is 0 Å². The maximum Gasteiger partial charge on any atom is 1.00 e. The maximum absolute atomic E-state index is 14.0. The number of carbonyl (C=O) groups is 1. The van der Waals surface area contributed by atoms with E-state index in [0.717, 1.165) is 77.8 Å². The molecule has 0 aromatic rings. The third-order valence-electron chi connectivity index (χ3n) is 22.1. The average Bonchev–Trinajstić information content (AvgIpc) is 4.06. The van der Waals surface area contributed by atoms with Crippen LogP contribution in [0.1, 0.15) is 160 Å². The zero-order valence-corrected chi connectivity index (χ0v) is 42.6. The number of ether oxygens (including phenoxy) is 4. The first kappa shape index (κ1) is 50.3. The Morgan fingerprint density at radius 3 is 1.52 bits per heavy atom. The molecular weight excluding hydrogens is 786 g/mol. The second-order valence-corrected chi connectivity index (χ2v) is 24.0. The van der Waals surface area contributed by atoms with Gasteiger partial charge in [-0.3, -0.25) is 4.79 Å². The standard InChI is InChI=1S/C26H44O4.C26H42O4.B.Na.H/c2*1-5-17-21-14-16(27)8-10-26(21,4)20-9-11-25(3)18(15(2)24-29-12-13-30-24)6-7-19(25)22(20)23(17)28;;;/h15-24,27-28H,5-14H2,1-4H3;15-22,24,27H,5-14H2,1-4H3;;;/q;;;+1;-1/t15-,16+,17+,18+,19?,20?,21?,22?,23+,25+,26+;15-,16+,17+,18+,19?,20?,21?,22?,25+,26+;;;/m00.../s1. The molecule has 0 aromatic carbocycles. The molecule has 8 unspecified atom stereocenters. The molecule has 2 heterocycles. The minimum absolute atomic E-state index is 0. The van der Waals surface area contributed by atoms with E-state index >= 15 is 0 Å². The van der Waals surface area contributed by atoms with E-state index < -0.39 is 0 Å². The molecule has 21 atom stereocenters. The number of aliphatic hydroxyl groups is 3. The van der Waals surface area contributed by atoms with Crippen LogP contribution in [0.2, 0.25) is 0 Å². The Labute approximate surface area is 402 Å². The molecule has 0 bridgehead atoms. The molecule has 10 fully saturated rings. The van der Waals surface area contributed by atoms with Crippen molar-refractivity contribution in [2.24, 2.45) is 105 Å². The van der Waals surface area contributed by atoms with Gasteiger partial charge in [-0.05, 0) is 177 Å². The van der Waals surface area contributed by atoms with Gasteiger partial charge in [-0.25, -0.2) is 0 Å². The van der Waals surface area contributed by atoms with Crippen LogP contribution in [0, 0.1) is 105 Å². The molecule has 8 nitrogen and oxygen atoms in total. The maximum atomic E-state index is 14.0. The largest absolute Gasteiger partial charge is 1.00 e. The number of hydrogen-bond acceptors (Lipinski definition) is 8. The van der Waals surface area contributed by atoms with Gasteiger partial charge in [-0.15, -0.1) is 0 Å². The van der Waals surface area contributed by atoms with Crippen LogP contribution in [0.25, 0.3) is 0 Å². The van der Waals surface area contributed by atoms with E-state index in [0.29, 0.717) is 76.8 Å². The molecule has 2 saturated heterocycles. The summed E-state index contributed by atoms with van der Waals surface area (Å²) in [6.45, 7) is 22.0. The topological polar surface area (TPSA) is 115 Å². The van der Waals surface area contributed by atoms with Crippen LogP contribution >= 0.6 is 0 Å². The Balaban J connectivity index is 0.000000200. The first-order valence-corrected chi connectivity index (χ1v) is 25.7. The van der Waals surface area contributed by atoms with Crippen LogP contribution in [0.15, 0.2) is 0 Å². The van der Waals surface area contributed by atoms with Crippen molar-refractivity contribution < 1.29 is 70.0 Å². The van der Waals surface area contributed by atoms with Crippen molar-refractivity contribution in [2.75, 3.05) is 26.4 Å². The summed E-state index contributed by atoms with van der Waals surface area (Å²) >= 11 is 0. The van der Waals surface area contributed by atoms with Crippen LogP contribution in [0.3, 0.4) is 0 Å². The first-order valence-electron chi connectivity index (χ1n) is 25.7. The summed E-state index contributed by atoms with van der Waals surface area (Å²) in [6, 6.07) is 0. The molecule has 3 N–H and O–H groups in total. The Bertz CT molecular complexity index is 1550. The van der Waals surface area contributed by atoms with E-state index in [-0.39, 0.29) is 104 Å². The SMILES string of the molecule is CC[C@@H]1C2C[C@H](O)CC[C@]2(C)C2CC[C@@]3(C)C(CC[C@@H]3[C@H](C)C3OCCO3)C2[C@@H]1O.CC[C@H]1C(=O)C2C(CC[C@@]3(C)C2CC[C@@H]3[C@H](C)C2OCCO2)[C@@]2(C)CC[C@@H](O)CC12.[B].[H-].[Na+]. The van der Waals surface area contributed by atoms with Crippen LogP contribution < -0.4 is 29.6 Å². The first-order chi connectivity index (χ1) is 28.6. The van der Waals surface area contributed by atoms with Gasteiger partial charge in [0.2, 0.25) is 0 Å². The number of ketones is 1. The monoisotopic (exact) mass is 874 g/mol. The Morgan fingerprint density at radius 2 is 1.00 bits per heavy atom. The summed E-state index contributed by atoms with van der Waals surface area (Å²) in [5, 5.41) is 32.6. The van der Waals surface area contributed by atoms with Crippen LogP contribution in [-0.2, 0) is 23.7 Å². The predicted octanol–water partition coefficient (Wildman–Crippen LogP) is 6.19. The molecule has 8 saturated carbocycles. The van der Waals surface area contributed by atoms with Crippen molar-refractivity contribution in [1.29, 1.82) is 0 Å². The van der Waals surface area contributed by atoms with Crippen molar-refractivity contribution in [1.82, 2.24) is 0 Å². The van der Waals surface area contributed by atoms with Gasteiger partial charge in [0, 0.05) is 32.1 Å². The van der Waals surface area contributed by atoms with E-state index in [9.17, 15) is 20.1 Å². The number of hydrogen-bond donors (Lipinski definition) is 3. The quantitative estimate of drug-likeness (QED) is 0.271. The van der Waals surface area contributed by atoms with Crippen molar-refractivity contribution in [3.8, 4) is 0 Å². The van der Waals surface area contributed by atoms with Gasteiger partial charge in [0.1, 0.15) is 5.78 Å². The molecule has 0 amide bonds. The fourth-order valence-corrected chi connectivity index (χ4v) is 19.1. The van der Waals surface area contributed by atoms with Gasteiger partial charge in [0.05, 0.1) is 44.7 Å². The Morgan fingerprint density at radius 1 is 0.581 bits per heavy atom. The number of carbonyl (C=O) groups excluding carboxylic acids is 1. The number of aliphatic hydroxyl groups excluding tert-OH is 3. The van der Waals surface area contributed by atoms with Gasteiger partial charge in [-0.1, -0.05) is 61.8 Å². The van der Waals surface area contributed by atoms with Gasteiger partial charge in [-0.2, -0.15) is 0 Å². The summed E-state index contributed by atoms with van der Waals surface area (Å²) in [5.74, 6) is 6.81. The molecule has 10 rings (SSSR count). The molecule has 0 spiro atoms. The molecule has 3 radical (unpaired) electrons. The summed E-state index contributed by atoms with van der Waals surface area (Å²) < 4.78 is 23.6. The van der Waals surface area contributed by atoms with Gasteiger partial charge < -0.3 is 35.7 Å². The van der Waals surface area contributed by atoms with Crippen molar-refractivity contribution >= 4 is 14.2 Å². The normalized spacial score (nSPS) is 52.0.